The molecule has 0 aliphatic carbocycles. The second kappa shape index (κ2) is 6.16. The highest BCUT2D eigenvalue weighted by molar-refractivity contribution is 5.81. The molecule has 1 aromatic rings. The molecule has 0 spiro atoms. The summed E-state index contributed by atoms with van der Waals surface area (Å²) in [7, 11) is 0. The third kappa shape index (κ3) is 3.74. The molecule has 1 heterocycles. The minimum absolute atomic E-state index is 0.203. The summed E-state index contributed by atoms with van der Waals surface area (Å²) in [6, 6.07) is 5.22. The zero-order chi connectivity index (χ0) is 15.5. The first-order valence-corrected chi connectivity index (χ1v) is 7.06. The lowest BCUT2D eigenvalue weighted by atomic mass is 9.91. The van der Waals surface area contributed by atoms with E-state index in [0.29, 0.717) is 11.5 Å². The molecule has 1 aromatic carbocycles. The number of fused-ring (bicyclic) bond motifs is 1. The molecular weight excluding hydrogens is 272 g/mol. The molecule has 0 atom stereocenters. The maximum atomic E-state index is 11.8. The molecular formula is C16H20O5. The van der Waals surface area contributed by atoms with Crippen LogP contribution in [0.2, 0.25) is 0 Å². The van der Waals surface area contributed by atoms with Crippen LogP contribution in [0.15, 0.2) is 18.2 Å². The van der Waals surface area contributed by atoms with E-state index in [1.165, 1.54) is 0 Å². The molecule has 1 aliphatic rings. The van der Waals surface area contributed by atoms with Crippen molar-refractivity contribution in [2.75, 3.05) is 13.2 Å². The van der Waals surface area contributed by atoms with E-state index in [9.17, 15) is 9.59 Å². The van der Waals surface area contributed by atoms with Crippen molar-refractivity contribution >= 4 is 11.9 Å². The van der Waals surface area contributed by atoms with E-state index >= 15 is 0 Å². The van der Waals surface area contributed by atoms with E-state index in [1.807, 2.05) is 20.8 Å². The topological polar surface area (TPSA) is 61.8 Å². The van der Waals surface area contributed by atoms with Crippen molar-refractivity contribution in [2.24, 2.45) is 5.41 Å². The maximum absolute atomic E-state index is 11.8. The number of hydrogen-bond acceptors (Lipinski definition) is 5. The second-order valence-corrected chi connectivity index (χ2v) is 5.64. The molecule has 5 heteroatoms. The molecule has 1 aliphatic heterocycles. The predicted octanol–water partition coefficient (Wildman–Crippen LogP) is 2.51. The molecule has 0 bridgehead atoms. The third-order valence-corrected chi connectivity index (χ3v) is 3.61. The summed E-state index contributed by atoms with van der Waals surface area (Å²) in [6.07, 6.45) is 0.998. The normalized spacial score (nSPS) is 13.6. The first-order chi connectivity index (χ1) is 9.92. The van der Waals surface area contributed by atoms with Gasteiger partial charge in [0.05, 0.1) is 11.8 Å². The van der Waals surface area contributed by atoms with Gasteiger partial charge in [0.25, 0.3) is 0 Å². The fourth-order valence-corrected chi connectivity index (χ4v) is 1.83. The lowest BCUT2D eigenvalue weighted by Gasteiger charge is -2.20. The number of carbonyl (C=O) groups excluding carboxylic acids is 2. The van der Waals surface area contributed by atoms with Crippen LogP contribution in [0.3, 0.4) is 0 Å². The highest BCUT2D eigenvalue weighted by Gasteiger charge is 2.26. The molecule has 0 N–H and O–H groups in total. The first-order valence-electron chi connectivity index (χ1n) is 7.06. The van der Waals surface area contributed by atoms with Gasteiger partial charge >= 0.3 is 11.9 Å². The Morgan fingerprint density at radius 1 is 1.33 bits per heavy atom. The molecule has 5 nitrogen and oxygen atoms in total. The average Bonchev–Trinajstić information content (AvgIpc) is 2.82. The van der Waals surface area contributed by atoms with E-state index in [4.69, 9.17) is 14.2 Å². The summed E-state index contributed by atoms with van der Waals surface area (Å²) in [5, 5.41) is 0. The Kier molecular flexibility index (Phi) is 4.50. The Labute approximate surface area is 124 Å². The Morgan fingerprint density at radius 3 is 2.81 bits per heavy atom. The van der Waals surface area contributed by atoms with Crippen molar-refractivity contribution in [3.63, 3.8) is 0 Å². The number of hydrogen-bond donors (Lipinski definition) is 0. The van der Waals surface area contributed by atoms with Gasteiger partial charge in [-0.1, -0.05) is 6.92 Å². The molecule has 0 saturated carbocycles. The van der Waals surface area contributed by atoms with Gasteiger partial charge in [-0.05, 0) is 38.5 Å². The zero-order valence-electron chi connectivity index (χ0n) is 12.6. The largest absolute Gasteiger partial charge is 0.490 e. The van der Waals surface area contributed by atoms with Crippen molar-refractivity contribution in [2.45, 2.75) is 33.6 Å². The van der Waals surface area contributed by atoms with E-state index in [-0.39, 0.29) is 31.6 Å². The van der Waals surface area contributed by atoms with Crippen molar-refractivity contribution in [3.05, 3.63) is 23.8 Å². The molecule has 21 heavy (non-hydrogen) atoms. The van der Waals surface area contributed by atoms with Gasteiger partial charge in [-0.15, -0.1) is 0 Å². The summed E-state index contributed by atoms with van der Waals surface area (Å²) >= 11 is 0. The fourth-order valence-electron chi connectivity index (χ4n) is 1.83. The summed E-state index contributed by atoms with van der Waals surface area (Å²) in [5.74, 6) is 0.751. The van der Waals surface area contributed by atoms with Crippen molar-refractivity contribution in [1.29, 1.82) is 0 Å². The van der Waals surface area contributed by atoms with Gasteiger partial charge in [0.15, 0.2) is 0 Å². The fraction of sp³-hybridized carbons (Fsp3) is 0.500. The molecule has 0 aromatic heterocycles. The highest BCUT2D eigenvalue weighted by atomic mass is 16.6. The van der Waals surface area contributed by atoms with Crippen LogP contribution < -0.4 is 9.47 Å². The quantitative estimate of drug-likeness (QED) is 0.458. The van der Waals surface area contributed by atoms with Crippen LogP contribution in [0.4, 0.5) is 0 Å². The minimum Gasteiger partial charge on any atom is -0.490 e. The highest BCUT2D eigenvalue weighted by Crippen LogP contribution is 2.29. The standard InChI is InChI=1S/C16H20O5/c1-4-16(2,3)15(18)20-8-7-19-12-5-6-13-11(9-12)10-14(17)21-13/h5-6,9H,4,7-8,10H2,1-3H3. The van der Waals surface area contributed by atoms with Crippen LogP contribution in [0.25, 0.3) is 0 Å². The minimum atomic E-state index is -0.467. The van der Waals surface area contributed by atoms with Crippen molar-refractivity contribution < 1.29 is 23.8 Å². The van der Waals surface area contributed by atoms with Crippen LogP contribution in [-0.4, -0.2) is 25.2 Å². The Bertz CT molecular complexity index is 548. The van der Waals surface area contributed by atoms with Crippen molar-refractivity contribution in [3.8, 4) is 11.5 Å². The van der Waals surface area contributed by atoms with Crippen LogP contribution >= 0.6 is 0 Å². The Morgan fingerprint density at radius 2 is 2.10 bits per heavy atom. The molecule has 114 valence electrons. The Balaban J connectivity index is 1.79. The summed E-state index contributed by atoms with van der Waals surface area (Å²) in [5.41, 5.74) is 0.354. The number of carbonyl (C=O) groups is 2. The van der Waals surface area contributed by atoms with Crippen LogP contribution in [-0.2, 0) is 20.7 Å². The molecule has 0 radical (unpaired) electrons. The number of rotatable bonds is 6. The van der Waals surface area contributed by atoms with Gasteiger partial charge < -0.3 is 14.2 Å². The zero-order valence-corrected chi connectivity index (χ0v) is 12.6. The molecule has 0 fully saturated rings. The van der Waals surface area contributed by atoms with Crippen LogP contribution in [0.5, 0.6) is 11.5 Å². The summed E-state index contributed by atoms with van der Waals surface area (Å²) < 4.78 is 15.7. The van der Waals surface area contributed by atoms with Gasteiger partial charge in [0.2, 0.25) is 0 Å². The molecule has 0 amide bonds. The number of benzene rings is 1. The first kappa shape index (κ1) is 15.4. The predicted molar refractivity (Wildman–Crippen MR) is 76.3 cm³/mol. The van der Waals surface area contributed by atoms with Gasteiger partial charge in [0, 0.05) is 5.56 Å². The second-order valence-electron chi connectivity index (χ2n) is 5.64. The lowest BCUT2D eigenvalue weighted by Crippen LogP contribution is -2.27. The van der Waals surface area contributed by atoms with Gasteiger partial charge in [0.1, 0.15) is 24.7 Å². The molecule has 2 rings (SSSR count). The van der Waals surface area contributed by atoms with Gasteiger partial charge in [-0.2, -0.15) is 0 Å². The average molecular weight is 292 g/mol. The maximum Gasteiger partial charge on any atom is 0.315 e. The Hall–Kier alpha value is -2.04. The molecule has 0 unspecified atom stereocenters. The SMILES string of the molecule is CCC(C)(C)C(=O)OCCOc1ccc2c(c1)CC(=O)O2. The third-order valence-electron chi connectivity index (χ3n) is 3.61. The number of ether oxygens (including phenoxy) is 3. The number of esters is 2. The molecule has 0 saturated heterocycles. The van der Waals surface area contributed by atoms with Crippen molar-refractivity contribution in [1.82, 2.24) is 0 Å². The summed E-state index contributed by atoms with van der Waals surface area (Å²) in [6.45, 7) is 6.14. The van der Waals surface area contributed by atoms with Crippen LogP contribution in [0, 0.1) is 5.41 Å². The van der Waals surface area contributed by atoms with E-state index in [1.54, 1.807) is 18.2 Å². The van der Waals surface area contributed by atoms with Gasteiger partial charge in [-0.25, -0.2) is 0 Å². The monoisotopic (exact) mass is 292 g/mol. The summed E-state index contributed by atoms with van der Waals surface area (Å²) in [4.78, 5) is 22.9. The smallest absolute Gasteiger partial charge is 0.315 e. The lowest BCUT2D eigenvalue weighted by molar-refractivity contribution is -0.154. The van der Waals surface area contributed by atoms with Gasteiger partial charge in [-0.3, -0.25) is 9.59 Å². The van der Waals surface area contributed by atoms with Crippen LogP contribution in [0.1, 0.15) is 32.8 Å². The van der Waals surface area contributed by atoms with E-state index in [2.05, 4.69) is 0 Å². The van der Waals surface area contributed by atoms with E-state index < -0.39 is 5.41 Å². The van der Waals surface area contributed by atoms with E-state index in [0.717, 1.165) is 12.0 Å².